The summed E-state index contributed by atoms with van der Waals surface area (Å²) >= 11 is 7.88. The Bertz CT molecular complexity index is 1960. The van der Waals surface area contributed by atoms with E-state index in [0.29, 0.717) is 31.7 Å². The minimum Gasteiger partial charge on any atom is -0.462 e. The third kappa shape index (κ3) is 6.20. The maximum Gasteiger partial charge on any atom is 0.416 e. The van der Waals surface area contributed by atoms with E-state index >= 15 is 0 Å². The summed E-state index contributed by atoms with van der Waals surface area (Å²) in [6.07, 6.45) is -4.70. The third-order valence-electron chi connectivity index (χ3n) is 7.69. The summed E-state index contributed by atoms with van der Waals surface area (Å²) in [6, 6.07) is 16.5. The molecule has 0 bridgehead atoms. The molecule has 1 saturated heterocycles. The quantitative estimate of drug-likeness (QED) is 0.181. The number of rotatable bonds is 7. The fourth-order valence-corrected chi connectivity index (χ4v) is 8.51. The summed E-state index contributed by atoms with van der Waals surface area (Å²) in [6.45, 7) is 1.46. The van der Waals surface area contributed by atoms with Crippen LogP contribution in [0.1, 0.15) is 39.2 Å². The van der Waals surface area contributed by atoms with Gasteiger partial charge in [-0.15, -0.1) is 0 Å². The average Bonchev–Trinajstić information content (AvgIpc) is 3.47. The zero-order chi connectivity index (χ0) is 33.6. The summed E-state index contributed by atoms with van der Waals surface area (Å²) < 4.78 is 46.7. The van der Waals surface area contributed by atoms with E-state index in [1.165, 1.54) is 34.9 Å². The second-order valence-electron chi connectivity index (χ2n) is 10.6. The molecule has 1 aromatic heterocycles. The molecule has 4 aromatic rings. The number of hydrogen-bond donors (Lipinski definition) is 1. The lowest BCUT2D eigenvalue weighted by Gasteiger charge is -2.30. The largest absolute Gasteiger partial charge is 0.462 e. The summed E-state index contributed by atoms with van der Waals surface area (Å²) in [5.74, 6) is -4.38. The number of halogens is 4. The van der Waals surface area contributed by atoms with Gasteiger partial charge >= 0.3 is 17.0 Å². The van der Waals surface area contributed by atoms with Crippen LogP contribution in [0.4, 0.5) is 24.5 Å². The van der Waals surface area contributed by atoms with Gasteiger partial charge in [-0.1, -0.05) is 52.9 Å². The highest BCUT2D eigenvalue weighted by molar-refractivity contribution is 8.00. The molecule has 0 saturated carbocycles. The number of benzene rings is 3. The number of anilines is 2. The number of nitrogens with one attached hydrogen (secondary N) is 1. The summed E-state index contributed by atoms with van der Waals surface area (Å²) in [7, 11) is 0. The van der Waals surface area contributed by atoms with Crippen molar-refractivity contribution in [3.63, 3.8) is 0 Å². The number of alkyl halides is 3. The van der Waals surface area contributed by atoms with Crippen molar-refractivity contribution in [2.45, 2.75) is 35.8 Å². The molecule has 3 aromatic carbocycles. The van der Waals surface area contributed by atoms with E-state index < -0.39 is 63.9 Å². The van der Waals surface area contributed by atoms with Gasteiger partial charge in [0.2, 0.25) is 17.7 Å². The van der Waals surface area contributed by atoms with Crippen molar-refractivity contribution in [1.29, 1.82) is 0 Å². The van der Waals surface area contributed by atoms with Crippen LogP contribution in [0.15, 0.2) is 82.6 Å². The van der Waals surface area contributed by atoms with E-state index in [4.69, 9.17) is 16.3 Å². The van der Waals surface area contributed by atoms with Crippen LogP contribution < -0.4 is 15.1 Å². The Morgan fingerprint density at radius 1 is 0.979 bits per heavy atom. The van der Waals surface area contributed by atoms with E-state index in [1.54, 1.807) is 31.2 Å². The monoisotopic (exact) mass is 701 g/mol. The zero-order valence-corrected chi connectivity index (χ0v) is 26.6. The number of amides is 3. The molecule has 9 nitrogen and oxygen atoms in total. The molecule has 0 unspecified atom stereocenters. The van der Waals surface area contributed by atoms with Crippen molar-refractivity contribution >= 4 is 69.8 Å². The van der Waals surface area contributed by atoms with E-state index in [2.05, 4.69) is 5.32 Å². The molecule has 3 amide bonds. The molecule has 6 rings (SSSR count). The molecule has 0 radical (unpaired) electrons. The summed E-state index contributed by atoms with van der Waals surface area (Å²) in [4.78, 5) is 66.9. The Morgan fingerprint density at radius 3 is 2.34 bits per heavy atom. The standard InChI is InChI=1S/C32H23ClF3N3O6S2/c1-2-45-30(43)17-8-12-20(13-9-17)37-22(40)15-38-29-26(47-31(38)44)23(16-6-10-19(33)11-7-16)24-25(46-29)28(42)39(27(24)41)21-5-3-4-18(14-21)32(34,35)36/h3-14,23-25H,2,15H2,1H3,(H,37,40)/t23-,24-,25+/m0/s1. The molecular weight excluding hydrogens is 679 g/mol. The van der Waals surface area contributed by atoms with Crippen molar-refractivity contribution in [1.82, 2.24) is 4.57 Å². The minimum atomic E-state index is -4.70. The van der Waals surface area contributed by atoms with Gasteiger partial charge in [-0.05, 0) is 67.1 Å². The maximum absolute atomic E-state index is 14.0. The second-order valence-corrected chi connectivity index (χ2v) is 13.2. The van der Waals surface area contributed by atoms with Gasteiger partial charge < -0.3 is 10.1 Å². The van der Waals surface area contributed by atoms with Crippen LogP contribution in [0.3, 0.4) is 0 Å². The summed E-state index contributed by atoms with van der Waals surface area (Å²) in [5, 5.41) is 2.30. The fraction of sp³-hybridized carbons (Fsp3) is 0.219. The number of thioether (sulfide) groups is 1. The summed E-state index contributed by atoms with van der Waals surface area (Å²) in [5.41, 5.74) is -0.00412. The van der Waals surface area contributed by atoms with E-state index in [1.807, 2.05) is 0 Å². The smallest absolute Gasteiger partial charge is 0.416 e. The first-order valence-corrected chi connectivity index (χ1v) is 16.2. The second kappa shape index (κ2) is 12.7. The fourth-order valence-electron chi connectivity index (χ4n) is 5.61. The molecule has 0 spiro atoms. The Balaban J connectivity index is 1.34. The Kier molecular flexibility index (Phi) is 8.76. The van der Waals surface area contributed by atoms with E-state index in [9.17, 15) is 37.1 Å². The SMILES string of the molecule is CCOC(=O)c1ccc(NC(=O)Cn2c3c(sc2=O)[C@@H](c2ccc(Cl)cc2)[C@@H]2C(=O)N(c4cccc(C(F)(F)F)c4)C(=O)[C@@H]2S3)cc1. The van der Waals surface area contributed by atoms with Crippen LogP contribution in [-0.4, -0.2) is 40.1 Å². The number of nitrogens with zero attached hydrogens (tertiary/aromatic N) is 2. The molecule has 2 aliphatic rings. The van der Waals surface area contributed by atoms with Crippen LogP contribution in [-0.2, 0) is 31.8 Å². The van der Waals surface area contributed by atoms with E-state index in [-0.39, 0.29) is 12.3 Å². The molecule has 1 fully saturated rings. The first kappa shape index (κ1) is 32.5. The lowest BCUT2D eigenvalue weighted by molar-refractivity contribution is -0.137. The van der Waals surface area contributed by atoms with Crippen LogP contribution >= 0.6 is 34.7 Å². The van der Waals surface area contributed by atoms with Crippen LogP contribution in [0.25, 0.3) is 0 Å². The third-order valence-corrected chi connectivity index (χ3v) is 10.5. The molecule has 3 atom stereocenters. The molecule has 47 heavy (non-hydrogen) atoms. The first-order chi connectivity index (χ1) is 22.4. The van der Waals surface area contributed by atoms with Gasteiger partial charge in [0.1, 0.15) is 11.8 Å². The average molecular weight is 702 g/mol. The van der Waals surface area contributed by atoms with Crippen LogP contribution in [0, 0.1) is 5.92 Å². The number of imide groups is 1. The zero-order valence-electron chi connectivity index (χ0n) is 24.2. The normalized spacial score (nSPS) is 18.9. The van der Waals surface area contributed by atoms with Crippen LogP contribution in [0.2, 0.25) is 5.02 Å². The van der Waals surface area contributed by atoms with Gasteiger partial charge in [-0.3, -0.25) is 23.7 Å². The minimum absolute atomic E-state index is 0.207. The first-order valence-electron chi connectivity index (χ1n) is 14.1. The molecule has 0 aliphatic carbocycles. The van der Waals surface area contributed by atoms with Crippen molar-refractivity contribution in [3.05, 3.63) is 109 Å². The number of fused-ring (bicyclic) bond motifs is 2. The highest BCUT2D eigenvalue weighted by Crippen LogP contribution is 2.54. The van der Waals surface area contributed by atoms with Gasteiger partial charge in [-0.25, -0.2) is 9.69 Å². The number of carbonyl (C=O) groups is 4. The predicted molar refractivity (Wildman–Crippen MR) is 170 cm³/mol. The number of hydrogen-bond acceptors (Lipinski definition) is 8. The Labute approximate surface area is 278 Å². The lowest BCUT2D eigenvalue weighted by Crippen LogP contribution is -2.33. The van der Waals surface area contributed by atoms with Gasteiger partial charge in [0.25, 0.3) is 0 Å². The highest BCUT2D eigenvalue weighted by atomic mass is 35.5. The highest BCUT2D eigenvalue weighted by Gasteiger charge is 2.57. The molecule has 2 aliphatic heterocycles. The number of esters is 1. The maximum atomic E-state index is 14.0. The van der Waals surface area contributed by atoms with Crippen molar-refractivity contribution < 1.29 is 37.1 Å². The van der Waals surface area contributed by atoms with Crippen LogP contribution in [0.5, 0.6) is 0 Å². The van der Waals surface area contributed by atoms with E-state index in [0.717, 1.165) is 46.2 Å². The number of thiazole rings is 1. The Morgan fingerprint density at radius 2 is 1.68 bits per heavy atom. The van der Waals surface area contributed by atoms with Gasteiger partial charge in [-0.2, -0.15) is 13.2 Å². The number of carbonyl (C=O) groups excluding carboxylic acids is 4. The van der Waals surface area contributed by atoms with Gasteiger partial charge in [0.15, 0.2) is 0 Å². The lowest BCUT2D eigenvalue weighted by atomic mass is 9.83. The number of ether oxygens (including phenoxy) is 1. The predicted octanol–water partition coefficient (Wildman–Crippen LogP) is 6.19. The molecule has 15 heteroatoms. The van der Waals surface area contributed by atoms with Crippen molar-refractivity contribution in [2.24, 2.45) is 5.92 Å². The molecule has 1 N–H and O–H groups in total. The topological polar surface area (TPSA) is 115 Å². The Hall–Kier alpha value is -4.40. The van der Waals surface area contributed by atoms with Gasteiger partial charge in [0, 0.05) is 21.5 Å². The molecule has 242 valence electrons. The van der Waals surface area contributed by atoms with Crippen molar-refractivity contribution in [2.75, 3.05) is 16.8 Å². The van der Waals surface area contributed by atoms with Gasteiger partial charge in [0.05, 0.1) is 34.4 Å². The number of aromatic nitrogens is 1. The molecular formula is C32H23ClF3N3O6S2. The molecule has 3 heterocycles. The van der Waals surface area contributed by atoms with Crippen molar-refractivity contribution in [3.8, 4) is 0 Å².